The van der Waals surface area contributed by atoms with Gasteiger partial charge in [-0.15, -0.1) is 0 Å². The number of benzene rings is 1. The van der Waals surface area contributed by atoms with Gasteiger partial charge in [-0.3, -0.25) is 9.69 Å². The molecule has 1 atom stereocenters. The largest absolute Gasteiger partial charge is 0.378 e. The Kier molecular flexibility index (Phi) is 5.73. The highest BCUT2D eigenvalue weighted by Gasteiger charge is 2.25. The average molecular weight is 291 g/mol. The lowest BCUT2D eigenvalue weighted by Gasteiger charge is -2.32. The van der Waals surface area contributed by atoms with E-state index in [1.54, 1.807) is 0 Å². The van der Waals surface area contributed by atoms with E-state index in [1.807, 2.05) is 31.0 Å². The molecule has 0 spiro atoms. The Labute approximate surface area is 126 Å². The summed E-state index contributed by atoms with van der Waals surface area (Å²) in [6.45, 7) is 5.91. The van der Waals surface area contributed by atoms with Crippen molar-refractivity contribution in [2.24, 2.45) is 5.73 Å². The summed E-state index contributed by atoms with van der Waals surface area (Å²) in [7, 11) is 1.98. The molecular formula is C16H25N3O2. The Morgan fingerprint density at radius 3 is 2.71 bits per heavy atom. The number of carbonyl (C=O) groups excluding carboxylic acids is 1. The number of nitrogens with zero attached hydrogens (tertiary/aromatic N) is 2. The molecule has 1 saturated heterocycles. The minimum atomic E-state index is -0.135. The molecule has 1 fully saturated rings. The van der Waals surface area contributed by atoms with Crippen LogP contribution in [-0.4, -0.2) is 55.1 Å². The summed E-state index contributed by atoms with van der Waals surface area (Å²) >= 11 is 0. The van der Waals surface area contributed by atoms with Crippen molar-refractivity contribution in [3.8, 4) is 0 Å². The highest BCUT2D eigenvalue weighted by atomic mass is 16.5. The highest BCUT2D eigenvalue weighted by Crippen LogP contribution is 2.11. The van der Waals surface area contributed by atoms with Gasteiger partial charge in [0, 0.05) is 26.2 Å². The zero-order valence-corrected chi connectivity index (χ0v) is 12.9. The Bertz CT molecular complexity index is 472. The minimum Gasteiger partial charge on any atom is -0.378 e. The van der Waals surface area contributed by atoms with Gasteiger partial charge in [0.05, 0.1) is 19.3 Å². The maximum Gasteiger partial charge on any atom is 0.239 e. The maximum absolute atomic E-state index is 12.5. The fourth-order valence-electron chi connectivity index (χ4n) is 2.52. The second-order valence-electron chi connectivity index (χ2n) is 5.55. The van der Waals surface area contributed by atoms with Crippen molar-refractivity contribution in [1.82, 2.24) is 9.80 Å². The van der Waals surface area contributed by atoms with Gasteiger partial charge < -0.3 is 15.4 Å². The first-order valence-corrected chi connectivity index (χ1v) is 7.46. The Morgan fingerprint density at radius 2 is 2.05 bits per heavy atom. The van der Waals surface area contributed by atoms with E-state index in [2.05, 4.69) is 17.0 Å². The molecule has 1 heterocycles. The molecule has 0 radical (unpaired) electrons. The molecule has 5 nitrogen and oxygen atoms in total. The number of likely N-dealkylation sites (N-methyl/N-ethyl adjacent to an activating group) is 1. The summed E-state index contributed by atoms with van der Waals surface area (Å²) < 4.78 is 5.29. The number of hydrogen-bond acceptors (Lipinski definition) is 4. The topological polar surface area (TPSA) is 58.8 Å². The average Bonchev–Trinajstić information content (AvgIpc) is 2.54. The number of rotatable bonds is 5. The Balaban J connectivity index is 1.94. The molecule has 1 aliphatic rings. The van der Waals surface area contributed by atoms with Crippen LogP contribution < -0.4 is 5.73 Å². The number of hydrogen-bond donors (Lipinski definition) is 1. The molecule has 0 aromatic heterocycles. The number of ether oxygens (including phenoxy) is 1. The number of nitrogens with two attached hydrogens (primary N) is 1. The van der Waals surface area contributed by atoms with Crippen molar-refractivity contribution in [2.45, 2.75) is 26.1 Å². The normalized spacial score (nSPS) is 17.0. The summed E-state index contributed by atoms with van der Waals surface area (Å²) in [5, 5.41) is 0. The lowest BCUT2D eigenvalue weighted by Crippen LogP contribution is -2.49. The van der Waals surface area contributed by atoms with Crippen molar-refractivity contribution in [3.05, 3.63) is 35.4 Å². The fourth-order valence-corrected chi connectivity index (χ4v) is 2.52. The molecule has 21 heavy (non-hydrogen) atoms. The fraction of sp³-hybridized carbons (Fsp3) is 0.562. The lowest BCUT2D eigenvalue weighted by atomic mass is 10.1. The zero-order valence-electron chi connectivity index (χ0n) is 12.9. The van der Waals surface area contributed by atoms with E-state index in [0.717, 1.165) is 12.1 Å². The summed E-state index contributed by atoms with van der Waals surface area (Å²) in [5.41, 5.74) is 7.97. The third-order valence-corrected chi connectivity index (χ3v) is 4.00. The first-order chi connectivity index (χ1) is 10.1. The quantitative estimate of drug-likeness (QED) is 0.873. The first-order valence-electron chi connectivity index (χ1n) is 7.46. The monoisotopic (exact) mass is 291 g/mol. The van der Waals surface area contributed by atoms with E-state index in [-0.39, 0.29) is 11.9 Å². The van der Waals surface area contributed by atoms with Crippen LogP contribution in [-0.2, 0) is 22.6 Å². The van der Waals surface area contributed by atoms with E-state index in [9.17, 15) is 4.79 Å². The van der Waals surface area contributed by atoms with Crippen LogP contribution in [0.25, 0.3) is 0 Å². The minimum absolute atomic E-state index is 0.135. The van der Waals surface area contributed by atoms with Gasteiger partial charge in [-0.2, -0.15) is 0 Å². The molecule has 1 aromatic rings. The maximum atomic E-state index is 12.5. The van der Waals surface area contributed by atoms with Crippen molar-refractivity contribution in [3.63, 3.8) is 0 Å². The third kappa shape index (κ3) is 4.27. The van der Waals surface area contributed by atoms with E-state index >= 15 is 0 Å². The van der Waals surface area contributed by atoms with Crippen molar-refractivity contribution in [2.75, 3.05) is 33.4 Å². The predicted octanol–water partition coefficient (Wildman–Crippen LogP) is 0.824. The molecule has 1 amide bonds. The number of carbonyl (C=O) groups is 1. The van der Waals surface area contributed by atoms with Gasteiger partial charge in [0.1, 0.15) is 0 Å². The molecule has 116 valence electrons. The van der Waals surface area contributed by atoms with Gasteiger partial charge >= 0.3 is 0 Å². The molecule has 2 N–H and O–H groups in total. The van der Waals surface area contributed by atoms with Crippen molar-refractivity contribution < 1.29 is 9.53 Å². The molecular weight excluding hydrogens is 266 g/mol. The van der Waals surface area contributed by atoms with Crippen LogP contribution in [0, 0.1) is 0 Å². The Morgan fingerprint density at radius 1 is 1.38 bits per heavy atom. The second-order valence-corrected chi connectivity index (χ2v) is 5.55. The van der Waals surface area contributed by atoms with Gasteiger partial charge in [-0.1, -0.05) is 24.3 Å². The van der Waals surface area contributed by atoms with E-state index < -0.39 is 0 Å². The standard InChI is InChI=1S/C16H25N3O2/c1-13(16(20)19-6-8-21-9-7-19)18(2)12-15-5-3-4-14(10-15)11-17/h3-5,10,13H,6-9,11-12,17H2,1-2H3. The lowest BCUT2D eigenvalue weighted by molar-refractivity contribution is -0.140. The van der Waals surface area contributed by atoms with Crippen LogP contribution in [0.5, 0.6) is 0 Å². The van der Waals surface area contributed by atoms with Crippen LogP contribution in [0.3, 0.4) is 0 Å². The predicted molar refractivity (Wildman–Crippen MR) is 82.7 cm³/mol. The van der Waals surface area contributed by atoms with E-state index in [0.29, 0.717) is 32.8 Å². The third-order valence-electron chi connectivity index (χ3n) is 4.00. The highest BCUT2D eigenvalue weighted by molar-refractivity contribution is 5.81. The SMILES string of the molecule is CC(C(=O)N1CCOCC1)N(C)Cc1cccc(CN)c1. The van der Waals surface area contributed by atoms with Gasteiger partial charge in [-0.05, 0) is 25.1 Å². The molecule has 1 aromatic carbocycles. The van der Waals surface area contributed by atoms with Gasteiger partial charge in [0.25, 0.3) is 0 Å². The molecule has 1 unspecified atom stereocenters. The molecule has 2 rings (SSSR count). The molecule has 0 saturated carbocycles. The summed E-state index contributed by atoms with van der Waals surface area (Å²) in [5.74, 6) is 0.177. The number of amides is 1. The van der Waals surface area contributed by atoms with Crippen LogP contribution in [0.15, 0.2) is 24.3 Å². The first kappa shape index (κ1) is 15.9. The van der Waals surface area contributed by atoms with Crippen molar-refractivity contribution in [1.29, 1.82) is 0 Å². The zero-order chi connectivity index (χ0) is 15.2. The molecule has 0 bridgehead atoms. The molecule has 1 aliphatic heterocycles. The van der Waals surface area contributed by atoms with Crippen LogP contribution >= 0.6 is 0 Å². The van der Waals surface area contributed by atoms with Gasteiger partial charge in [0.15, 0.2) is 0 Å². The van der Waals surface area contributed by atoms with E-state index in [4.69, 9.17) is 10.5 Å². The molecule has 0 aliphatic carbocycles. The Hall–Kier alpha value is -1.43. The van der Waals surface area contributed by atoms with Crippen molar-refractivity contribution >= 4 is 5.91 Å². The summed E-state index contributed by atoms with van der Waals surface area (Å²) in [6.07, 6.45) is 0. The summed E-state index contributed by atoms with van der Waals surface area (Å²) in [4.78, 5) is 16.4. The van der Waals surface area contributed by atoms with Crippen LogP contribution in [0.4, 0.5) is 0 Å². The smallest absolute Gasteiger partial charge is 0.239 e. The summed E-state index contributed by atoms with van der Waals surface area (Å²) in [6, 6.07) is 8.07. The van der Waals surface area contributed by atoms with Gasteiger partial charge in [-0.25, -0.2) is 0 Å². The molecule has 5 heteroatoms. The second kappa shape index (κ2) is 7.54. The van der Waals surface area contributed by atoms with Crippen LogP contribution in [0.2, 0.25) is 0 Å². The van der Waals surface area contributed by atoms with Gasteiger partial charge in [0.2, 0.25) is 5.91 Å². The number of morpholine rings is 1. The van der Waals surface area contributed by atoms with E-state index in [1.165, 1.54) is 5.56 Å². The van der Waals surface area contributed by atoms with Crippen LogP contribution in [0.1, 0.15) is 18.1 Å².